The molecule has 0 radical (unpaired) electrons. The molecule has 2 aliphatic heterocycles. The Kier molecular flexibility index (Phi) is 5.07. The molecular weight excluding hydrogens is 314 g/mol. The Morgan fingerprint density at radius 3 is 3.00 bits per heavy atom. The van der Waals surface area contributed by atoms with Crippen LogP contribution in [0.1, 0.15) is 37.8 Å². The highest BCUT2D eigenvalue weighted by atomic mass is 32.2. The van der Waals surface area contributed by atoms with E-state index in [2.05, 4.69) is 14.9 Å². The van der Waals surface area contributed by atoms with Gasteiger partial charge in [-0.25, -0.2) is 9.97 Å². The van der Waals surface area contributed by atoms with Gasteiger partial charge < -0.3 is 10.0 Å². The van der Waals surface area contributed by atoms with E-state index in [4.69, 9.17) is 0 Å². The number of anilines is 1. The predicted octanol–water partition coefficient (Wildman–Crippen LogP) is 1.79. The van der Waals surface area contributed by atoms with Crippen molar-refractivity contribution < 1.29 is 14.7 Å². The highest BCUT2D eigenvalue weighted by molar-refractivity contribution is 8.18. The van der Waals surface area contributed by atoms with E-state index < -0.39 is 0 Å². The third kappa shape index (κ3) is 3.79. The van der Waals surface area contributed by atoms with Crippen LogP contribution in [0.15, 0.2) is 17.2 Å². The van der Waals surface area contributed by atoms with Crippen molar-refractivity contribution >= 4 is 34.7 Å². The van der Waals surface area contributed by atoms with Crippen molar-refractivity contribution in [1.82, 2.24) is 9.97 Å². The van der Waals surface area contributed by atoms with Gasteiger partial charge in [0.1, 0.15) is 0 Å². The molecule has 0 saturated carbocycles. The second-order valence-corrected chi connectivity index (χ2v) is 6.82. The van der Waals surface area contributed by atoms with Gasteiger partial charge in [-0.1, -0.05) is 0 Å². The number of hydrogen-bond donors (Lipinski definition) is 1. The number of thioether (sulfide) groups is 1. The Labute approximate surface area is 139 Å². The standard InChI is InChI=1S/C16H19N3O3S/c20-8-5-12-3-1-2-7-19(12)16-17-6-4-11(18-16)9-14-13(21)10-15(22)23-14/h4,6,9,12,20H,1-3,5,7-8,10H2/b14-9-. The smallest absolute Gasteiger partial charge is 0.226 e. The lowest BCUT2D eigenvalue weighted by molar-refractivity contribution is -0.119. The maximum atomic E-state index is 11.7. The molecule has 2 fully saturated rings. The van der Waals surface area contributed by atoms with E-state index in [9.17, 15) is 14.7 Å². The van der Waals surface area contributed by atoms with Crippen molar-refractivity contribution in [1.29, 1.82) is 0 Å². The van der Waals surface area contributed by atoms with Crippen molar-refractivity contribution in [3.05, 3.63) is 22.9 Å². The molecule has 122 valence electrons. The summed E-state index contributed by atoms with van der Waals surface area (Å²) in [6.45, 7) is 1.02. The summed E-state index contributed by atoms with van der Waals surface area (Å²) in [5.41, 5.74) is 0.633. The van der Waals surface area contributed by atoms with Gasteiger partial charge >= 0.3 is 0 Å². The fourth-order valence-electron chi connectivity index (χ4n) is 2.97. The summed E-state index contributed by atoms with van der Waals surface area (Å²) in [6.07, 6.45) is 7.27. The van der Waals surface area contributed by atoms with Crippen LogP contribution < -0.4 is 4.90 Å². The van der Waals surface area contributed by atoms with E-state index in [1.807, 2.05) is 0 Å². The zero-order valence-corrected chi connectivity index (χ0v) is 13.6. The minimum absolute atomic E-state index is 0.0286. The van der Waals surface area contributed by atoms with Gasteiger partial charge in [0.25, 0.3) is 0 Å². The number of carbonyl (C=O) groups is 2. The maximum Gasteiger partial charge on any atom is 0.226 e. The summed E-state index contributed by atoms with van der Waals surface area (Å²) in [7, 11) is 0. The SMILES string of the molecule is O=C1CC(=O)/C(=C/c2ccnc(N3CCCCC3CCO)n2)S1. The Hall–Kier alpha value is -1.73. The van der Waals surface area contributed by atoms with Crippen molar-refractivity contribution in [2.24, 2.45) is 0 Å². The van der Waals surface area contributed by atoms with Gasteiger partial charge in [-0.15, -0.1) is 0 Å². The molecule has 7 heteroatoms. The van der Waals surface area contributed by atoms with Gasteiger partial charge in [0.2, 0.25) is 11.1 Å². The molecule has 0 aromatic carbocycles. The number of hydrogen-bond acceptors (Lipinski definition) is 7. The molecule has 1 N–H and O–H groups in total. The van der Waals surface area contributed by atoms with Gasteiger partial charge in [0.05, 0.1) is 17.0 Å². The van der Waals surface area contributed by atoms with Crippen LogP contribution in [0.2, 0.25) is 0 Å². The number of aromatic nitrogens is 2. The van der Waals surface area contributed by atoms with Crippen LogP contribution in [0.5, 0.6) is 0 Å². The first-order valence-corrected chi connectivity index (χ1v) is 8.65. The molecule has 6 nitrogen and oxygen atoms in total. The van der Waals surface area contributed by atoms with Crippen LogP contribution >= 0.6 is 11.8 Å². The molecule has 0 amide bonds. The summed E-state index contributed by atoms with van der Waals surface area (Å²) in [4.78, 5) is 34.5. The molecule has 0 bridgehead atoms. The molecule has 1 atom stereocenters. The number of allylic oxidation sites excluding steroid dienone is 1. The van der Waals surface area contributed by atoms with Crippen molar-refractivity contribution in [2.75, 3.05) is 18.1 Å². The molecule has 1 aromatic rings. The first kappa shape index (κ1) is 16.1. The van der Waals surface area contributed by atoms with Gasteiger partial charge in [0.15, 0.2) is 5.78 Å². The zero-order valence-electron chi connectivity index (χ0n) is 12.8. The minimum Gasteiger partial charge on any atom is -0.396 e. The van der Waals surface area contributed by atoms with Gasteiger partial charge in [0, 0.05) is 25.4 Å². The average Bonchev–Trinajstić information content (AvgIpc) is 2.86. The Balaban J connectivity index is 1.83. The molecule has 2 aliphatic rings. The van der Waals surface area contributed by atoms with Crippen molar-refractivity contribution in [3.8, 4) is 0 Å². The maximum absolute atomic E-state index is 11.7. The molecule has 1 unspecified atom stereocenters. The van der Waals surface area contributed by atoms with Crippen LogP contribution in [0.3, 0.4) is 0 Å². The fourth-order valence-corrected chi connectivity index (χ4v) is 3.79. The van der Waals surface area contributed by atoms with E-state index in [0.29, 0.717) is 23.0 Å². The predicted molar refractivity (Wildman–Crippen MR) is 88.9 cm³/mol. The number of carbonyl (C=O) groups excluding carboxylic acids is 2. The van der Waals surface area contributed by atoms with Gasteiger partial charge in [-0.3, -0.25) is 9.59 Å². The van der Waals surface area contributed by atoms with Crippen molar-refractivity contribution in [3.63, 3.8) is 0 Å². The molecule has 3 rings (SSSR count). The lowest BCUT2D eigenvalue weighted by Crippen LogP contribution is -2.41. The highest BCUT2D eigenvalue weighted by Gasteiger charge is 2.27. The molecule has 23 heavy (non-hydrogen) atoms. The molecule has 1 aromatic heterocycles. The highest BCUT2D eigenvalue weighted by Crippen LogP contribution is 2.30. The first-order valence-electron chi connectivity index (χ1n) is 7.83. The average molecular weight is 333 g/mol. The largest absolute Gasteiger partial charge is 0.396 e. The molecule has 0 spiro atoms. The first-order chi connectivity index (χ1) is 11.2. The third-order valence-corrected chi connectivity index (χ3v) is 5.03. The number of rotatable bonds is 4. The second-order valence-electron chi connectivity index (χ2n) is 5.72. The third-order valence-electron chi connectivity index (χ3n) is 4.09. The molecule has 3 heterocycles. The lowest BCUT2D eigenvalue weighted by atomic mass is 10.0. The summed E-state index contributed by atoms with van der Waals surface area (Å²) >= 11 is 0.984. The number of nitrogens with zero attached hydrogens (tertiary/aromatic N) is 3. The topological polar surface area (TPSA) is 83.4 Å². The zero-order chi connectivity index (χ0) is 16.2. The number of ketones is 1. The summed E-state index contributed by atoms with van der Waals surface area (Å²) in [5, 5.41) is 9.12. The molecule has 2 saturated heterocycles. The van der Waals surface area contributed by atoms with E-state index in [0.717, 1.165) is 37.6 Å². The summed E-state index contributed by atoms with van der Waals surface area (Å²) in [5.74, 6) is 0.482. The van der Waals surface area contributed by atoms with Crippen molar-refractivity contribution in [2.45, 2.75) is 38.1 Å². The quantitative estimate of drug-likeness (QED) is 0.664. The molecule has 0 aliphatic carbocycles. The number of aliphatic hydroxyl groups excluding tert-OH is 1. The number of Topliss-reactive ketones (excluding diaryl/α,β-unsaturated/α-hetero) is 1. The monoisotopic (exact) mass is 333 g/mol. The van der Waals surface area contributed by atoms with E-state index in [-0.39, 0.29) is 30.0 Å². The van der Waals surface area contributed by atoms with Crippen LogP contribution in [-0.4, -0.2) is 45.2 Å². The Bertz CT molecular complexity index is 645. The Morgan fingerprint density at radius 1 is 1.39 bits per heavy atom. The van der Waals surface area contributed by atoms with Crippen LogP contribution in [0.25, 0.3) is 6.08 Å². The summed E-state index contributed by atoms with van der Waals surface area (Å²) in [6, 6.07) is 1.98. The second kappa shape index (κ2) is 7.23. The molecular formula is C16H19N3O3S. The summed E-state index contributed by atoms with van der Waals surface area (Å²) < 4.78 is 0. The van der Waals surface area contributed by atoms with Crippen LogP contribution in [0.4, 0.5) is 5.95 Å². The number of aliphatic hydroxyl groups is 1. The van der Waals surface area contributed by atoms with Crippen LogP contribution in [0, 0.1) is 0 Å². The van der Waals surface area contributed by atoms with Crippen LogP contribution in [-0.2, 0) is 9.59 Å². The normalized spacial score (nSPS) is 23.8. The van der Waals surface area contributed by atoms with Gasteiger partial charge in [-0.05, 0) is 49.6 Å². The lowest BCUT2D eigenvalue weighted by Gasteiger charge is -2.35. The van der Waals surface area contributed by atoms with Gasteiger partial charge in [-0.2, -0.15) is 0 Å². The Morgan fingerprint density at radius 2 is 2.26 bits per heavy atom. The van der Waals surface area contributed by atoms with E-state index in [1.165, 1.54) is 0 Å². The van der Waals surface area contributed by atoms with E-state index >= 15 is 0 Å². The minimum atomic E-state index is -0.142. The van der Waals surface area contributed by atoms with E-state index in [1.54, 1.807) is 18.3 Å². The number of piperidine rings is 1. The fraction of sp³-hybridized carbons (Fsp3) is 0.500.